The van der Waals surface area contributed by atoms with E-state index < -0.39 is 0 Å². The lowest BCUT2D eigenvalue weighted by atomic mass is 9.75. The summed E-state index contributed by atoms with van der Waals surface area (Å²) in [4.78, 5) is 5.62. The van der Waals surface area contributed by atoms with Crippen molar-refractivity contribution in [3.05, 3.63) is 52.5 Å². The van der Waals surface area contributed by atoms with Crippen molar-refractivity contribution in [1.29, 1.82) is 0 Å². The molecule has 0 saturated heterocycles. The van der Waals surface area contributed by atoms with E-state index in [4.69, 9.17) is 0 Å². The van der Waals surface area contributed by atoms with Crippen LogP contribution in [0.4, 0.5) is 0 Å². The average molecular weight is 286 g/mol. The summed E-state index contributed by atoms with van der Waals surface area (Å²) in [5.74, 6) is 0. The van der Waals surface area contributed by atoms with E-state index in [0.29, 0.717) is 0 Å². The Balaban J connectivity index is 1.86. The number of hydrogen-bond donors (Lipinski definition) is 1. The molecule has 3 heteroatoms. The lowest BCUT2D eigenvalue weighted by Crippen LogP contribution is -2.40. The first-order chi connectivity index (χ1) is 9.82. The number of rotatable bonds is 7. The van der Waals surface area contributed by atoms with Gasteiger partial charge in [-0.25, -0.2) is 0 Å². The molecule has 2 nitrogen and oxygen atoms in total. The maximum Gasteiger partial charge on any atom is 0.0794 e. The Hall–Kier alpha value is -1.19. The third kappa shape index (κ3) is 3.10. The molecule has 1 heterocycles. The Bertz CT molecular complexity index is 519. The zero-order valence-electron chi connectivity index (χ0n) is 12.0. The van der Waals surface area contributed by atoms with Gasteiger partial charge in [0.1, 0.15) is 0 Å². The Kier molecular flexibility index (Phi) is 4.18. The molecule has 0 radical (unpaired) electrons. The molecule has 1 unspecified atom stereocenters. The number of nitrogens with zero attached hydrogens (tertiary/aromatic N) is 1. The molecule has 1 aromatic heterocycles. The van der Waals surface area contributed by atoms with E-state index in [1.54, 1.807) is 11.3 Å². The molecule has 20 heavy (non-hydrogen) atoms. The number of aromatic nitrogens is 1. The van der Waals surface area contributed by atoms with Crippen LogP contribution in [0.5, 0.6) is 0 Å². The van der Waals surface area contributed by atoms with Crippen molar-refractivity contribution in [1.82, 2.24) is 10.3 Å². The summed E-state index contributed by atoms with van der Waals surface area (Å²) < 4.78 is 0. The SMILES string of the molecule is CCC(CNC1CC1)(Cc1cncs1)c1ccccc1. The Labute approximate surface area is 125 Å². The quantitative estimate of drug-likeness (QED) is 0.837. The minimum atomic E-state index is 0.191. The summed E-state index contributed by atoms with van der Waals surface area (Å²) in [6, 6.07) is 11.7. The average Bonchev–Trinajstić information content (AvgIpc) is 3.20. The number of hydrogen-bond acceptors (Lipinski definition) is 3. The van der Waals surface area contributed by atoms with Crippen LogP contribution in [0.3, 0.4) is 0 Å². The highest BCUT2D eigenvalue weighted by Gasteiger charge is 2.33. The summed E-state index contributed by atoms with van der Waals surface area (Å²) in [6.07, 6.45) is 6.94. The van der Waals surface area contributed by atoms with Crippen molar-refractivity contribution in [2.45, 2.75) is 44.1 Å². The summed E-state index contributed by atoms with van der Waals surface area (Å²) in [6.45, 7) is 3.37. The Morgan fingerprint density at radius 2 is 2.10 bits per heavy atom. The highest BCUT2D eigenvalue weighted by atomic mass is 32.1. The zero-order chi connectivity index (χ0) is 13.8. The monoisotopic (exact) mass is 286 g/mol. The predicted molar refractivity (Wildman–Crippen MR) is 85.3 cm³/mol. The fourth-order valence-corrected chi connectivity index (χ4v) is 3.54. The van der Waals surface area contributed by atoms with Crippen molar-refractivity contribution < 1.29 is 0 Å². The second-order valence-electron chi connectivity index (χ2n) is 5.80. The van der Waals surface area contributed by atoms with Gasteiger partial charge in [-0.2, -0.15) is 0 Å². The topological polar surface area (TPSA) is 24.9 Å². The lowest BCUT2D eigenvalue weighted by Gasteiger charge is -2.33. The fraction of sp³-hybridized carbons (Fsp3) is 0.471. The summed E-state index contributed by atoms with van der Waals surface area (Å²) in [7, 11) is 0. The number of benzene rings is 1. The standard InChI is InChI=1S/C17H22N2S/c1-2-17(12-19-15-8-9-15,10-16-11-18-13-20-16)14-6-4-3-5-7-14/h3-7,11,13,15,19H,2,8-10,12H2,1H3. The third-order valence-electron chi connectivity index (χ3n) is 4.37. The smallest absolute Gasteiger partial charge is 0.0794 e. The molecule has 0 aliphatic heterocycles. The van der Waals surface area contributed by atoms with Gasteiger partial charge in [-0.1, -0.05) is 37.3 Å². The van der Waals surface area contributed by atoms with Crippen molar-refractivity contribution in [3.63, 3.8) is 0 Å². The van der Waals surface area contributed by atoms with Gasteiger partial charge in [0.25, 0.3) is 0 Å². The van der Waals surface area contributed by atoms with Crippen LogP contribution in [0, 0.1) is 0 Å². The first-order valence-electron chi connectivity index (χ1n) is 7.49. The molecule has 1 saturated carbocycles. The van der Waals surface area contributed by atoms with Gasteiger partial charge in [-0.3, -0.25) is 4.98 Å². The molecular weight excluding hydrogens is 264 g/mol. The largest absolute Gasteiger partial charge is 0.313 e. The minimum Gasteiger partial charge on any atom is -0.313 e. The van der Waals surface area contributed by atoms with E-state index in [2.05, 4.69) is 47.6 Å². The van der Waals surface area contributed by atoms with Crippen LogP contribution in [-0.4, -0.2) is 17.6 Å². The second-order valence-corrected chi connectivity index (χ2v) is 6.77. The molecule has 1 fully saturated rings. The molecule has 1 N–H and O–H groups in total. The van der Waals surface area contributed by atoms with Crippen LogP contribution in [0.2, 0.25) is 0 Å². The zero-order valence-corrected chi connectivity index (χ0v) is 12.8. The molecule has 1 aliphatic rings. The summed E-state index contributed by atoms with van der Waals surface area (Å²) in [5.41, 5.74) is 3.58. The molecular formula is C17H22N2S. The van der Waals surface area contributed by atoms with Crippen molar-refractivity contribution in [2.24, 2.45) is 0 Å². The maximum absolute atomic E-state index is 4.24. The molecule has 0 amide bonds. The summed E-state index contributed by atoms with van der Waals surface area (Å²) in [5, 5.41) is 3.74. The first kappa shape index (κ1) is 13.8. The number of thiazole rings is 1. The van der Waals surface area contributed by atoms with Gasteiger partial charge in [0.2, 0.25) is 0 Å². The van der Waals surface area contributed by atoms with Crippen LogP contribution in [-0.2, 0) is 11.8 Å². The lowest BCUT2D eigenvalue weighted by molar-refractivity contribution is 0.378. The van der Waals surface area contributed by atoms with Gasteiger partial charge < -0.3 is 5.32 Å². The van der Waals surface area contributed by atoms with Gasteiger partial charge in [0.15, 0.2) is 0 Å². The third-order valence-corrected chi connectivity index (χ3v) is 5.15. The maximum atomic E-state index is 4.24. The normalized spacial score (nSPS) is 17.9. The van der Waals surface area contributed by atoms with Crippen LogP contribution in [0.15, 0.2) is 42.0 Å². The van der Waals surface area contributed by atoms with Gasteiger partial charge in [0.05, 0.1) is 5.51 Å². The molecule has 3 rings (SSSR count). The molecule has 2 aromatic rings. The van der Waals surface area contributed by atoms with Crippen LogP contribution >= 0.6 is 11.3 Å². The highest BCUT2D eigenvalue weighted by Crippen LogP contribution is 2.33. The molecule has 106 valence electrons. The van der Waals surface area contributed by atoms with Gasteiger partial charge in [0, 0.05) is 29.1 Å². The second kappa shape index (κ2) is 6.06. The van der Waals surface area contributed by atoms with E-state index in [0.717, 1.165) is 25.4 Å². The van der Waals surface area contributed by atoms with E-state index in [1.165, 1.54) is 23.3 Å². The number of nitrogens with one attached hydrogen (secondary N) is 1. The van der Waals surface area contributed by atoms with Gasteiger partial charge in [-0.05, 0) is 31.2 Å². The van der Waals surface area contributed by atoms with E-state index in [1.807, 2.05) is 11.7 Å². The molecule has 0 bridgehead atoms. The Morgan fingerprint density at radius 1 is 1.30 bits per heavy atom. The van der Waals surface area contributed by atoms with Crippen LogP contribution in [0.25, 0.3) is 0 Å². The first-order valence-corrected chi connectivity index (χ1v) is 8.37. The Morgan fingerprint density at radius 3 is 2.70 bits per heavy atom. The van der Waals surface area contributed by atoms with Gasteiger partial charge in [-0.15, -0.1) is 11.3 Å². The molecule has 1 atom stereocenters. The van der Waals surface area contributed by atoms with Crippen molar-refractivity contribution >= 4 is 11.3 Å². The highest BCUT2D eigenvalue weighted by molar-refractivity contribution is 7.09. The summed E-state index contributed by atoms with van der Waals surface area (Å²) >= 11 is 1.77. The minimum absolute atomic E-state index is 0.191. The van der Waals surface area contributed by atoms with Gasteiger partial charge >= 0.3 is 0 Å². The molecule has 1 aromatic carbocycles. The molecule has 0 spiro atoms. The van der Waals surface area contributed by atoms with Crippen LogP contribution in [0.1, 0.15) is 36.6 Å². The molecule has 1 aliphatic carbocycles. The van der Waals surface area contributed by atoms with E-state index in [9.17, 15) is 0 Å². The van der Waals surface area contributed by atoms with E-state index >= 15 is 0 Å². The van der Waals surface area contributed by atoms with Crippen molar-refractivity contribution in [3.8, 4) is 0 Å². The van der Waals surface area contributed by atoms with Crippen LogP contribution < -0.4 is 5.32 Å². The predicted octanol–water partition coefficient (Wildman–Crippen LogP) is 3.79. The van der Waals surface area contributed by atoms with Crippen molar-refractivity contribution in [2.75, 3.05) is 6.54 Å². The fourth-order valence-electron chi connectivity index (χ4n) is 2.80. The van der Waals surface area contributed by atoms with E-state index in [-0.39, 0.29) is 5.41 Å².